The van der Waals surface area contributed by atoms with Gasteiger partial charge in [-0.15, -0.1) is 0 Å². The minimum absolute atomic E-state index is 0.0212. The van der Waals surface area contributed by atoms with Crippen molar-refractivity contribution < 1.29 is 23.8 Å². The Labute approximate surface area is 194 Å². The lowest BCUT2D eigenvalue weighted by Gasteiger charge is -2.56. The predicted molar refractivity (Wildman–Crippen MR) is 123 cm³/mol. The van der Waals surface area contributed by atoms with E-state index in [1.165, 1.54) is 22.3 Å². The van der Waals surface area contributed by atoms with Crippen LogP contribution in [-0.4, -0.2) is 72.6 Å². The number of fused-ring (bicyclic) bond motifs is 3. The van der Waals surface area contributed by atoms with E-state index in [0.29, 0.717) is 32.8 Å². The van der Waals surface area contributed by atoms with E-state index in [-0.39, 0.29) is 24.7 Å². The molecule has 2 aromatic rings. The molecule has 2 amide bonds. The van der Waals surface area contributed by atoms with Gasteiger partial charge in [0.1, 0.15) is 17.7 Å². The van der Waals surface area contributed by atoms with Gasteiger partial charge in [-0.3, -0.25) is 4.90 Å². The van der Waals surface area contributed by atoms with Gasteiger partial charge in [0.05, 0.1) is 26.3 Å². The molecule has 0 bridgehead atoms. The summed E-state index contributed by atoms with van der Waals surface area (Å²) in [5.41, 5.74) is 3.64. The molecule has 7 nitrogen and oxygen atoms in total. The Bertz CT molecular complexity index is 1020. The molecule has 2 fully saturated rings. The van der Waals surface area contributed by atoms with E-state index in [9.17, 15) is 9.59 Å². The number of rotatable bonds is 2. The van der Waals surface area contributed by atoms with Crippen molar-refractivity contribution in [3.8, 4) is 11.1 Å². The highest BCUT2D eigenvalue weighted by Gasteiger charge is 2.54. The number of hydrogen-bond donors (Lipinski definition) is 0. The highest BCUT2D eigenvalue weighted by molar-refractivity contribution is 5.79. The molecule has 2 heterocycles. The van der Waals surface area contributed by atoms with Gasteiger partial charge in [-0.05, 0) is 43.0 Å². The lowest BCUT2D eigenvalue weighted by molar-refractivity contribution is -0.129. The van der Waals surface area contributed by atoms with Crippen molar-refractivity contribution in [2.45, 2.75) is 37.8 Å². The molecule has 0 radical (unpaired) electrons. The average Bonchev–Trinajstić information content (AvgIpc) is 3.08. The van der Waals surface area contributed by atoms with Gasteiger partial charge in [-0.25, -0.2) is 9.59 Å². The maximum Gasteiger partial charge on any atom is 0.411 e. The van der Waals surface area contributed by atoms with Crippen molar-refractivity contribution in [3.63, 3.8) is 0 Å². The summed E-state index contributed by atoms with van der Waals surface area (Å²) >= 11 is 0. The van der Waals surface area contributed by atoms with Gasteiger partial charge in [0, 0.05) is 12.5 Å². The minimum atomic E-state index is -0.577. The van der Waals surface area contributed by atoms with E-state index >= 15 is 0 Å². The zero-order chi connectivity index (χ0) is 23.2. The molecule has 0 atom stereocenters. The number of nitrogens with zero attached hydrogens (tertiary/aromatic N) is 2. The van der Waals surface area contributed by atoms with Gasteiger partial charge in [-0.1, -0.05) is 48.5 Å². The van der Waals surface area contributed by atoms with Crippen molar-refractivity contribution in [3.05, 3.63) is 59.7 Å². The van der Waals surface area contributed by atoms with E-state index in [4.69, 9.17) is 14.2 Å². The Morgan fingerprint density at radius 2 is 1.61 bits per heavy atom. The van der Waals surface area contributed by atoms with Crippen LogP contribution >= 0.6 is 0 Å². The first-order valence-electron chi connectivity index (χ1n) is 11.5. The number of amides is 2. The molecule has 7 heteroatoms. The summed E-state index contributed by atoms with van der Waals surface area (Å²) in [7, 11) is 0. The van der Waals surface area contributed by atoms with Gasteiger partial charge >= 0.3 is 12.2 Å². The molecule has 1 aliphatic carbocycles. The van der Waals surface area contributed by atoms with Crippen molar-refractivity contribution in [2.75, 3.05) is 39.5 Å². The summed E-state index contributed by atoms with van der Waals surface area (Å²) in [6, 6.07) is 16.5. The first-order valence-corrected chi connectivity index (χ1v) is 11.5. The summed E-state index contributed by atoms with van der Waals surface area (Å²) in [5, 5.41) is 0. The molecule has 2 aromatic carbocycles. The zero-order valence-electron chi connectivity index (χ0n) is 19.4. The summed E-state index contributed by atoms with van der Waals surface area (Å²) in [4.78, 5) is 29.0. The average molecular weight is 451 g/mol. The Morgan fingerprint density at radius 1 is 1.00 bits per heavy atom. The molecule has 33 heavy (non-hydrogen) atoms. The number of likely N-dealkylation sites (tertiary alicyclic amines) is 1. The molecule has 0 saturated carbocycles. The molecule has 3 aliphatic rings. The van der Waals surface area contributed by atoms with Crippen LogP contribution in [-0.2, 0) is 14.2 Å². The second-order valence-electron chi connectivity index (χ2n) is 10.1. The lowest BCUT2D eigenvalue weighted by atomic mass is 9.88. The molecular weight excluding hydrogens is 420 g/mol. The first kappa shape index (κ1) is 21.8. The lowest BCUT2D eigenvalue weighted by Crippen LogP contribution is -2.76. The summed E-state index contributed by atoms with van der Waals surface area (Å²) in [5.74, 6) is 0.0212. The second-order valence-corrected chi connectivity index (χ2v) is 10.1. The van der Waals surface area contributed by atoms with Crippen LogP contribution in [0.1, 0.15) is 37.8 Å². The predicted octanol–water partition coefficient (Wildman–Crippen LogP) is 4.26. The Hall–Kier alpha value is -3.06. The Morgan fingerprint density at radius 3 is 2.21 bits per heavy atom. The number of morpholine rings is 1. The van der Waals surface area contributed by atoms with E-state index in [1.807, 2.05) is 45.0 Å². The van der Waals surface area contributed by atoms with Crippen LogP contribution in [0.15, 0.2) is 48.5 Å². The van der Waals surface area contributed by atoms with Gasteiger partial charge < -0.3 is 19.1 Å². The highest BCUT2D eigenvalue weighted by atomic mass is 16.6. The molecule has 2 aliphatic heterocycles. The third kappa shape index (κ3) is 3.95. The number of carbonyl (C=O) groups is 2. The minimum Gasteiger partial charge on any atom is -0.448 e. The molecule has 0 unspecified atom stereocenters. The molecular formula is C26H30N2O5. The second kappa shape index (κ2) is 8.06. The standard InChI is InChI=1S/C26H30N2O5/c1-25(2,3)33-24(30)28-12-13-31-17-26(28)15-27(16-26)23(29)32-14-22-20-10-6-4-8-18(20)19-9-5-7-11-21(19)22/h4-11,22H,12-17H2,1-3H3. The van der Waals surface area contributed by atoms with Gasteiger partial charge in [0.15, 0.2) is 0 Å². The van der Waals surface area contributed by atoms with Crippen molar-refractivity contribution in [1.29, 1.82) is 0 Å². The molecule has 174 valence electrons. The molecule has 1 spiro atoms. The number of carbonyl (C=O) groups excluding carboxylic acids is 2. The number of benzene rings is 2. The Balaban J connectivity index is 1.23. The fraction of sp³-hybridized carbons (Fsp3) is 0.462. The van der Waals surface area contributed by atoms with Crippen LogP contribution in [0.5, 0.6) is 0 Å². The van der Waals surface area contributed by atoms with Crippen molar-refractivity contribution >= 4 is 12.2 Å². The van der Waals surface area contributed by atoms with Crippen LogP contribution in [0.2, 0.25) is 0 Å². The zero-order valence-corrected chi connectivity index (χ0v) is 19.4. The maximum absolute atomic E-state index is 12.9. The molecule has 2 saturated heterocycles. The summed E-state index contributed by atoms with van der Waals surface area (Å²) < 4.78 is 17.0. The van der Waals surface area contributed by atoms with E-state index < -0.39 is 11.1 Å². The first-order chi connectivity index (χ1) is 15.8. The van der Waals surface area contributed by atoms with Crippen LogP contribution < -0.4 is 0 Å². The van der Waals surface area contributed by atoms with Crippen LogP contribution in [0.25, 0.3) is 11.1 Å². The van der Waals surface area contributed by atoms with E-state index in [2.05, 4.69) is 24.3 Å². The number of hydrogen-bond acceptors (Lipinski definition) is 5. The monoisotopic (exact) mass is 450 g/mol. The van der Waals surface area contributed by atoms with E-state index in [1.54, 1.807) is 9.80 Å². The summed E-state index contributed by atoms with van der Waals surface area (Å²) in [6.45, 7) is 7.89. The molecule has 0 N–H and O–H groups in total. The normalized spacial score (nSPS) is 19.0. The maximum atomic E-state index is 12.9. The molecule has 5 rings (SSSR count). The van der Waals surface area contributed by atoms with Gasteiger partial charge in [0.2, 0.25) is 0 Å². The fourth-order valence-corrected chi connectivity index (χ4v) is 5.08. The third-order valence-corrected chi connectivity index (χ3v) is 6.58. The molecule has 0 aromatic heterocycles. The Kier molecular flexibility index (Phi) is 5.32. The number of ether oxygens (including phenoxy) is 3. The largest absolute Gasteiger partial charge is 0.448 e. The van der Waals surface area contributed by atoms with Crippen molar-refractivity contribution in [1.82, 2.24) is 9.80 Å². The van der Waals surface area contributed by atoms with Crippen LogP contribution in [0.4, 0.5) is 9.59 Å². The van der Waals surface area contributed by atoms with Crippen LogP contribution in [0, 0.1) is 0 Å². The van der Waals surface area contributed by atoms with Gasteiger partial charge in [-0.2, -0.15) is 0 Å². The topological polar surface area (TPSA) is 68.3 Å². The van der Waals surface area contributed by atoms with Crippen molar-refractivity contribution in [2.24, 2.45) is 0 Å². The highest BCUT2D eigenvalue weighted by Crippen LogP contribution is 2.44. The van der Waals surface area contributed by atoms with E-state index in [0.717, 1.165) is 0 Å². The fourth-order valence-electron chi connectivity index (χ4n) is 5.08. The third-order valence-electron chi connectivity index (χ3n) is 6.58. The SMILES string of the molecule is CC(C)(C)OC(=O)N1CCOCC12CN(C(=O)OCC1c3ccccc3-c3ccccc31)C2. The van der Waals surface area contributed by atoms with Gasteiger partial charge in [0.25, 0.3) is 0 Å². The quantitative estimate of drug-likeness (QED) is 0.684. The summed E-state index contributed by atoms with van der Waals surface area (Å²) in [6.07, 6.45) is -0.727. The van der Waals surface area contributed by atoms with Crippen LogP contribution in [0.3, 0.4) is 0 Å². The smallest absolute Gasteiger partial charge is 0.411 e.